The fourth-order valence-electron chi connectivity index (χ4n) is 3.05. The molecular weight excluding hydrogens is 322 g/mol. The Bertz CT molecular complexity index is 801. The number of amides is 2. The molecule has 1 aromatic carbocycles. The number of anilines is 1. The van der Waals surface area contributed by atoms with Crippen LogP contribution in [0, 0.1) is 6.92 Å². The highest BCUT2D eigenvalue weighted by Crippen LogP contribution is 2.27. The van der Waals surface area contributed by atoms with Crippen molar-refractivity contribution in [3.63, 3.8) is 0 Å². The van der Waals surface area contributed by atoms with Gasteiger partial charge in [0.2, 0.25) is 5.91 Å². The van der Waals surface area contributed by atoms with Gasteiger partial charge < -0.3 is 15.0 Å². The number of hydrogen-bond acceptors (Lipinski definition) is 5. The number of nitrogens with zero attached hydrogens (tertiary/aromatic N) is 4. The first-order chi connectivity index (χ1) is 12.0. The first kappa shape index (κ1) is 16.9. The molecule has 0 saturated carbocycles. The minimum absolute atomic E-state index is 0.218. The van der Waals surface area contributed by atoms with E-state index < -0.39 is 6.04 Å². The fourth-order valence-corrected chi connectivity index (χ4v) is 3.05. The van der Waals surface area contributed by atoms with Crippen molar-refractivity contribution in [1.82, 2.24) is 19.9 Å². The van der Waals surface area contributed by atoms with E-state index in [9.17, 15) is 9.59 Å². The number of carbonyl (C=O) groups excluding carboxylic acids is 2. The molecule has 2 heterocycles. The van der Waals surface area contributed by atoms with Gasteiger partial charge in [-0.3, -0.25) is 9.59 Å². The molecule has 1 N–H and O–H groups in total. The second kappa shape index (κ2) is 6.92. The summed E-state index contributed by atoms with van der Waals surface area (Å²) in [5, 5.41) is 10.4. The molecule has 132 valence electrons. The molecule has 0 bridgehead atoms. The van der Waals surface area contributed by atoms with Crippen LogP contribution in [0.1, 0.15) is 28.9 Å². The molecule has 25 heavy (non-hydrogen) atoms. The van der Waals surface area contributed by atoms with E-state index in [2.05, 4.69) is 15.6 Å². The molecule has 1 aromatic heterocycles. The van der Waals surface area contributed by atoms with Gasteiger partial charge in [0, 0.05) is 13.6 Å². The number of likely N-dealkylation sites (tertiary alicyclic amines) is 1. The van der Waals surface area contributed by atoms with E-state index in [-0.39, 0.29) is 11.8 Å². The second-order valence-electron chi connectivity index (χ2n) is 6.09. The van der Waals surface area contributed by atoms with Crippen LogP contribution in [-0.2, 0) is 11.8 Å². The van der Waals surface area contributed by atoms with Crippen LogP contribution in [0.15, 0.2) is 24.4 Å². The molecule has 1 aliphatic rings. The van der Waals surface area contributed by atoms with Gasteiger partial charge in [0.1, 0.15) is 17.5 Å². The summed E-state index contributed by atoms with van der Waals surface area (Å²) in [5.74, 6) is 0.136. The van der Waals surface area contributed by atoms with Crippen molar-refractivity contribution in [2.45, 2.75) is 25.8 Å². The van der Waals surface area contributed by atoms with Crippen molar-refractivity contribution in [2.24, 2.45) is 7.05 Å². The van der Waals surface area contributed by atoms with Gasteiger partial charge in [-0.1, -0.05) is 11.3 Å². The highest BCUT2D eigenvalue weighted by Gasteiger charge is 2.36. The van der Waals surface area contributed by atoms with Crippen LogP contribution in [0.25, 0.3) is 0 Å². The number of aromatic nitrogens is 3. The van der Waals surface area contributed by atoms with Gasteiger partial charge in [-0.15, -0.1) is 5.10 Å². The number of rotatable bonds is 4. The Morgan fingerprint density at radius 2 is 2.16 bits per heavy atom. The van der Waals surface area contributed by atoms with Crippen molar-refractivity contribution in [2.75, 3.05) is 19.0 Å². The number of methoxy groups -OCH3 is 1. The minimum Gasteiger partial charge on any atom is -0.495 e. The molecule has 3 rings (SSSR count). The lowest BCUT2D eigenvalue weighted by molar-refractivity contribution is -0.119. The van der Waals surface area contributed by atoms with Crippen LogP contribution < -0.4 is 10.1 Å². The zero-order valence-corrected chi connectivity index (χ0v) is 14.5. The van der Waals surface area contributed by atoms with Gasteiger partial charge in [-0.05, 0) is 37.5 Å². The van der Waals surface area contributed by atoms with Gasteiger partial charge in [-0.25, -0.2) is 4.68 Å². The zero-order valence-electron chi connectivity index (χ0n) is 14.5. The molecule has 0 unspecified atom stereocenters. The lowest BCUT2D eigenvalue weighted by Crippen LogP contribution is -2.43. The second-order valence-corrected chi connectivity index (χ2v) is 6.09. The smallest absolute Gasteiger partial charge is 0.274 e. The number of nitrogens with one attached hydrogen (secondary N) is 1. The third-order valence-electron chi connectivity index (χ3n) is 4.36. The maximum atomic E-state index is 12.8. The maximum absolute atomic E-state index is 12.8. The van der Waals surface area contributed by atoms with Crippen molar-refractivity contribution in [3.05, 3.63) is 35.7 Å². The Morgan fingerprint density at radius 3 is 2.84 bits per heavy atom. The maximum Gasteiger partial charge on any atom is 0.274 e. The summed E-state index contributed by atoms with van der Waals surface area (Å²) >= 11 is 0. The number of carbonyl (C=O) groups is 2. The van der Waals surface area contributed by atoms with Gasteiger partial charge in [-0.2, -0.15) is 0 Å². The summed E-state index contributed by atoms with van der Waals surface area (Å²) in [6, 6.07) is 5.05. The predicted molar refractivity (Wildman–Crippen MR) is 91.4 cm³/mol. The Balaban J connectivity index is 1.79. The van der Waals surface area contributed by atoms with E-state index in [1.807, 2.05) is 25.1 Å². The first-order valence-electron chi connectivity index (χ1n) is 8.12. The molecule has 1 fully saturated rings. The van der Waals surface area contributed by atoms with Crippen LogP contribution in [0.2, 0.25) is 0 Å². The molecule has 1 saturated heterocycles. The van der Waals surface area contributed by atoms with E-state index in [1.54, 1.807) is 19.1 Å². The molecule has 0 radical (unpaired) electrons. The van der Waals surface area contributed by atoms with E-state index in [4.69, 9.17) is 4.74 Å². The summed E-state index contributed by atoms with van der Waals surface area (Å²) in [5.41, 5.74) is 1.98. The van der Waals surface area contributed by atoms with Crippen LogP contribution in [-0.4, -0.2) is 51.4 Å². The Morgan fingerprint density at radius 1 is 1.36 bits per heavy atom. The molecule has 0 aliphatic carbocycles. The van der Waals surface area contributed by atoms with Gasteiger partial charge in [0.15, 0.2) is 0 Å². The summed E-state index contributed by atoms with van der Waals surface area (Å²) < 4.78 is 6.71. The summed E-state index contributed by atoms with van der Waals surface area (Å²) in [4.78, 5) is 27.0. The molecular formula is C17H21N5O3. The zero-order chi connectivity index (χ0) is 18.0. The van der Waals surface area contributed by atoms with Gasteiger partial charge in [0.25, 0.3) is 5.91 Å². The van der Waals surface area contributed by atoms with Crippen LogP contribution in [0.5, 0.6) is 5.75 Å². The summed E-state index contributed by atoms with van der Waals surface area (Å²) in [6.07, 6.45) is 2.82. The quantitative estimate of drug-likeness (QED) is 0.906. The molecule has 8 heteroatoms. The first-order valence-corrected chi connectivity index (χ1v) is 8.12. The number of aryl methyl sites for hydroxylation is 2. The van der Waals surface area contributed by atoms with Crippen molar-refractivity contribution in [1.29, 1.82) is 0 Å². The molecule has 1 atom stereocenters. The molecule has 2 aromatic rings. The van der Waals surface area contributed by atoms with E-state index in [0.717, 1.165) is 12.0 Å². The van der Waals surface area contributed by atoms with Gasteiger partial charge >= 0.3 is 0 Å². The van der Waals surface area contributed by atoms with Gasteiger partial charge in [0.05, 0.1) is 19.0 Å². The normalized spacial score (nSPS) is 16.8. The largest absolute Gasteiger partial charge is 0.495 e. The highest BCUT2D eigenvalue weighted by molar-refractivity contribution is 6.01. The molecule has 0 spiro atoms. The third-order valence-corrected chi connectivity index (χ3v) is 4.36. The Hall–Kier alpha value is -2.90. The number of ether oxygens (including phenoxy) is 1. The Kier molecular flexibility index (Phi) is 4.69. The standard InChI is InChI=1S/C17H21N5O3/c1-11-6-7-15(25-3)12(9-11)19-16(23)13-5-4-8-22(13)17(24)14-10-18-20-21(14)2/h6-7,9-10,13H,4-5,8H2,1-3H3,(H,19,23)/t13-/m0/s1. The monoisotopic (exact) mass is 343 g/mol. The highest BCUT2D eigenvalue weighted by atomic mass is 16.5. The van der Waals surface area contributed by atoms with Crippen molar-refractivity contribution < 1.29 is 14.3 Å². The van der Waals surface area contributed by atoms with E-state index in [0.29, 0.717) is 30.1 Å². The SMILES string of the molecule is COc1ccc(C)cc1NC(=O)[C@@H]1CCCN1C(=O)c1cnnn1C. The lowest BCUT2D eigenvalue weighted by atomic mass is 10.1. The third kappa shape index (κ3) is 3.33. The minimum atomic E-state index is -0.521. The summed E-state index contributed by atoms with van der Waals surface area (Å²) in [6.45, 7) is 2.48. The topological polar surface area (TPSA) is 89.3 Å². The Labute approximate surface area is 145 Å². The van der Waals surface area contributed by atoms with Crippen molar-refractivity contribution >= 4 is 17.5 Å². The van der Waals surface area contributed by atoms with Crippen LogP contribution >= 0.6 is 0 Å². The fraction of sp³-hybridized carbons (Fsp3) is 0.412. The van der Waals surface area contributed by atoms with E-state index in [1.165, 1.54) is 10.9 Å². The molecule has 8 nitrogen and oxygen atoms in total. The average Bonchev–Trinajstić information content (AvgIpc) is 3.23. The van der Waals surface area contributed by atoms with E-state index >= 15 is 0 Å². The molecule has 1 aliphatic heterocycles. The average molecular weight is 343 g/mol. The lowest BCUT2D eigenvalue weighted by Gasteiger charge is -2.24. The van der Waals surface area contributed by atoms with Crippen molar-refractivity contribution in [3.8, 4) is 5.75 Å². The molecule has 2 amide bonds. The number of hydrogen-bond donors (Lipinski definition) is 1. The van der Waals surface area contributed by atoms with Crippen LogP contribution in [0.4, 0.5) is 5.69 Å². The summed E-state index contributed by atoms with van der Waals surface area (Å²) in [7, 11) is 3.21. The predicted octanol–water partition coefficient (Wildman–Crippen LogP) is 1.38. The number of benzene rings is 1. The van der Waals surface area contributed by atoms with Crippen LogP contribution in [0.3, 0.4) is 0 Å².